The molecule has 0 bridgehead atoms. The highest BCUT2D eigenvalue weighted by atomic mass is 16.7. The molecule has 4 aliphatic rings. The van der Waals surface area contributed by atoms with Crippen molar-refractivity contribution in [1.82, 2.24) is 0 Å². The van der Waals surface area contributed by atoms with Crippen molar-refractivity contribution in [2.45, 2.75) is 38.6 Å². The van der Waals surface area contributed by atoms with Gasteiger partial charge in [0.05, 0.1) is 6.10 Å². The summed E-state index contributed by atoms with van der Waals surface area (Å²) in [6, 6.07) is 0. The van der Waals surface area contributed by atoms with Gasteiger partial charge in [0.2, 0.25) is 5.79 Å². The number of aliphatic hydroxyl groups excluding tert-OH is 1. The molecule has 6 atom stereocenters. The quantitative estimate of drug-likeness (QED) is 0.507. The molecule has 3 fully saturated rings. The number of hydrogen-bond donors (Lipinski definition) is 2. The minimum Gasteiger partial charge on any atom is -0.426 e. The summed E-state index contributed by atoms with van der Waals surface area (Å²) in [5, 5.41) is 21.3. The molecule has 0 amide bonds. The average Bonchev–Trinajstić information content (AvgIpc) is 2.98. The Labute approximate surface area is 111 Å². The summed E-state index contributed by atoms with van der Waals surface area (Å²) in [5.74, 6) is -1.24. The molecule has 4 heteroatoms. The second-order valence-electron chi connectivity index (χ2n) is 6.84. The van der Waals surface area contributed by atoms with E-state index in [-0.39, 0.29) is 11.3 Å². The summed E-state index contributed by atoms with van der Waals surface area (Å²) in [6.07, 6.45) is 0.608. The van der Waals surface area contributed by atoms with Gasteiger partial charge in [-0.25, -0.2) is 4.79 Å². The van der Waals surface area contributed by atoms with Crippen LogP contribution in [-0.2, 0) is 9.53 Å². The largest absolute Gasteiger partial charge is 0.426 e. The lowest BCUT2D eigenvalue weighted by Crippen LogP contribution is -2.53. The van der Waals surface area contributed by atoms with Gasteiger partial charge in [0, 0.05) is 23.5 Å². The molecule has 4 rings (SSSR count). The Hall–Kier alpha value is -1.13. The molecular formula is C15H18O4. The van der Waals surface area contributed by atoms with Crippen LogP contribution in [0.2, 0.25) is 0 Å². The van der Waals surface area contributed by atoms with Crippen molar-refractivity contribution < 1.29 is 19.7 Å². The van der Waals surface area contributed by atoms with Crippen molar-refractivity contribution in [1.29, 1.82) is 0 Å². The number of aliphatic hydroxyl groups is 2. The second-order valence-corrected chi connectivity index (χ2v) is 6.84. The number of carbonyl (C=O) groups excluding carboxylic acids is 1. The van der Waals surface area contributed by atoms with Gasteiger partial charge in [-0.1, -0.05) is 19.1 Å². The van der Waals surface area contributed by atoms with Gasteiger partial charge >= 0.3 is 5.97 Å². The van der Waals surface area contributed by atoms with E-state index in [9.17, 15) is 15.0 Å². The lowest BCUT2D eigenvalue weighted by Gasteiger charge is -2.48. The maximum atomic E-state index is 11.7. The number of rotatable bonds is 0. The zero-order valence-electron chi connectivity index (χ0n) is 11.1. The van der Waals surface area contributed by atoms with Crippen LogP contribution in [0.1, 0.15) is 26.7 Å². The first-order valence-electron chi connectivity index (χ1n) is 6.83. The zero-order valence-corrected chi connectivity index (χ0v) is 11.1. The van der Waals surface area contributed by atoms with Crippen LogP contribution in [0.25, 0.3) is 0 Å². The van der Waals surface area contributed by atoms with Crippen LogP contribution >= 0.6 is 0 Å². The van der Waals surface area contributed by atoms with Gasteiger partial charge in [-0.2, -0.15) is 0 Å². The van der Waals surface area contributed by atoms with Crippen molar-refractivity contribution in [3.05, 3.63) is 23.3 Å². The van der Waals surface area contributed by atoms with Gasteiger partial charge in [-0.05, 0) is 30.6 Å². The molecule has 3 aliphatic carbocycles. The van der Waals surface area contributed by atoms with Gasteiger partial charge in [0.15, 0.2) is 0 Å². The van der Waals surface area contributed by atoms with Crippen LogP contribution in [-0.4, -0.2) is 28.1 Å². The topological polar surface area (TPSA) is 66.8 Å². The second kappa shape index (κ2) is 2.96. The van der Waals surface area contributed by atoms with Gasteiger partial charge in [-0.15, -0.1) is 0 Å². The van der Waals surface area contributed by atoms with Crippen molar-refractivity contribution >= 4 is 5.97 Å². The molecule has 3 saturated carbocycles. The smallest absolute Gasteiger partial charge is 0.336 e. The maximum absolute atomic E-state index is 11.7. The molecular weight excluding hydrogens is 244 g/mol. The third kappa shape index (κ3) is 1.11. The van der Waals surface area contributed by atoms with Gasteiger partial charge in [0.25, 0.3) is 0 Å². The average molecular weight is 262 g/mol. The van der Waals surface area contributed by atoms with E-state index in [0.717, 1.165) is 12.0 Å². The number of carbonyl (C=O) groups is 1. The molecule has 4 nitrogen and oxygen atoms in total. The molecule has 102 valence electrons. The molecule has 0 aromatic carbocycles. The fraction of sp³-hybridized carbons (Fsp3) is 0.667. The minimum atomic E-state index is -1.61. The van der Waals surface area contributed by atoms with E-state index in [1.54, 1.807) is 6.92 Å². The summed E-state index contributed by atoms with van der Waals surface area (Å²) in [4.78, 5) is 11.7. The van der Waals surface area contributed by atoms with E-state index >= 15 is 0 Å². The predicted octanol–water partition coefficient (Wildman–Crippen LogP) is 1.14. The third-order valence-corrected chi connectivity index (χ3v) is 5.85. The highest BCUT2D eigenvalue weighted by Gasteiger charge is 2.71. The Morgan fingerprint density at radius 1 is 1.47 bits per heavy atom. The van der Waals surface area contributed by atoms with Crippen LogP contribution in [0.3, 0.4) is 0 Å². The number of hydrogen-bond acceptors (Lipinski definition) is 4. The zero-order chi connectivity index (χ0) is 13.7. The molecule has 0 saturated heterocycles. The number of fused-ring (bicyclic) bond motifs is 4. The first kappa shape index (κ1) is 11.7. The Kier molecular flexibility index (Phi) is 1.82. The molecule has 0 unspecified atom stereocenters. The van der Waals surface area contributed by atoms with Crippen molar-refractivity contribution in [3.63, 3.8) is 0 Å². The van der Waals surface area contributed by atoms with Crippen LogP contribution in [0, 0.1) is 23.2 Å². The molecule has 0 aromatic rings. The Morgan fingerprint density at radius 3 is 2.84 bits per heavy atom. The summed E-state index contributed by atoms with van der Waals surface area (Å²) in [7, 11) is 0. The van der Waals surface area contributed by atoms with Gasteiger partial charge < -0.3 is 14.9 Å². The molecule has 0 radical (unpaired) electrons. The predicted molar refractivity (Wildman–Crippen MR) is 66.7 cm³/mol. The highest BCUT2D eigenvalue weighted by molar-refractivity contribution is 5.92. The van der Waals surface area contributed by atoms with Gasteiger partial charge in [-0.3, -0.25) is 0 Å². The molecule has 2 N–H and O–H groups in total. The third-order valence-electron chi connectivity index (χ3n) is 5.85. The molecule has 0 aromatic heterocycles. The Morgan fingerprint density at radius 2 is 2.16 bits per heavy atom. The van der Waals surface area contributed by atoms with Gasteiger partial charge in [0.1, 0.15) is 0 Å². The lowest BCUT2D eigenvalue weighted by atomic mass is 9.60. The van der Waals surface area contributed by atoms with E-state index < -0.39 is 17.9 Å². The fourth-order valence-corrected chi connectivity index (χ4v) is 4.98. The van der Waals surface area contributed by atoms with Crippen LogP contribution < -0.4 is 0 Å². The maximum Gasteiger partial charge on any atom is 0.336 e. The summed E-state index contributed by atoms with van der Waals surface area (Å²) < 4.78 is 5.16. The van der Waals surface area contributed by atoms with Crippen LogP contribution in [0.4, 0.5) is 0 Å². The summed E-state index contributed by atoms with van der Waals surface area (Å²) >= 11 is 0. The Bertz CT molecular complexity index is 562. The molecule has 19 heavy (non-hydrogen) atoms. The first-order chi connectivity index (χ1) is 8.79. The number of ether oxygens (including phenoxy) is 1. The summed E-state index contributed by atoms with van der Waals surface area (Å²) in [6.45, 7) is 7.84. The van der Waals surface area contributed by atoms with E-state index in [2.05, 4.69) is 13.5 Å². The van der Waals surface area contributed by atoms with Crippen molar-refractivity contribution in [3.8, 4) is 0 Å². The molecule has 1 heterocycles. The molecule has 1 aliphatic heterocycles. The standard InChI is InChI=1S/C15H18O4/c1-6-8-4-9(8)14(3)5-15(18)11(12(16)10(6)14)7(2)13(17)19-15/h8-10,12,16,18H,1,4-5H2,2-3H3/t8-,9-,10-,12-,14+,15-/m1/s1. The monoisotopic (exact) mass is 262 g/mol. The van der Waals surface area contributed by atoms with E-state index in [1.807, 2.05) is 0 Å². The van der Waals surface area contributed by atoms with Crippen LogP contribution in [0.15, 0.2) is 23.3 Å². The minimum absolute atomic E-state index is 0.0593. The first-order valence-corrected chi connectivity index (χ1v) is 6.83. The van der Waals surface area contributed by atoms with Crippen molar-refractivity contribution in [2.24, 2.45) is 23.2 Å². The molecule has 0 spiro atoms. The number of esters is 1. The van der Waals surface area contributed by atoms with E-state index in [1.165, 1.54) is 0 Å². The van der Waals surface area contributed by atoms with Crippen LogP contribution in [0.5, 0.6) is 0 Å². The van der Waals surface area contributed by atoms with E-state index in [4.69, 9.17) is 4.74 Å². The fourth-order valence-electron chi connectivity index (χ4n) is 4.98. The SMILES string of the molecule is C=C1[C@H]2C[C@H]2[C@]2(C)C[C@@]3(O)OC(=O)C(C)=C3[C@H](O)[C@@H]12. The van der Waals surface area contributed by atoms with Crippen molar-refractivity contribution in [2.75, 3.05) is 0 Å². The Balaban J connectivity index is 1.88. The highest BCUT2D eigenvalue weighted by Crippen LogP contribution is 2.73. The van der Waals surface area contributed by atoms with E-state index in [0.29, 0.717) is 29.4 Å². The summed E-state index contributed by atoms with van der Waals surface area (Å²) in [5.41, 5.74) is 1.58. The lowest BCUT2D eigenvalue weighted by molar-refractivity contribution is -0.211. The normalized spacial score (nSPS) is 54.7.